The summed E-state index contributed by atoms with van der Waals surface area (Å²) in [7, 11) is 0. The number of halogens is 1. The van der Waals surface area contributed by atoms with Gasteiger partial charge < -0.3 is 0 Å². The molecule has 0 atom stereocenters. The molecule has 0 bridgehead atoms. The number of amides is 1. The number of hydrogen-bond donors (Lipinski definition) is 1. The largest absolute Gasteiger partial charge is 0.273 e. The van der Waals surface area contributed by atoms with Crippen LogP contribution in [0, 0.1) is 11.7 Å². The number of carbonyl (C=O) groups excluding carboxylic acids is 1. The van der Waals surface area contributed by atoms with Gasteiger partial charge in [0, 0.05) is 11.5 Å². The van der Waals surface area contributed by atoms with Gasteiger partial charge in [0.05, 0.1) is 6.21 Å². The van der Waals surface area contributed by atoms with Crippen molar-refractivity contribution in [2.45, 2.75) is 12.8 Å². The third-order valence-corrected chi connectivity index (χ3v) is 2.23. The van der Waals surface area contributed by atoms with Crippen LogP contribution in [-0.2, 0) is 4.79 Å². The molecule has 1 aliphatic rings. The molecule has 1 amide bonds. The van der Waals surface area contributed by atoms with Crippen molar-refractivity contribution in [1.29, 1.82) is 0 Å². The van der Waals surface area contributed by atoms with Crippen LogP contribution in [0.15, 0.2) is 29.4 Å². The molecule has 1 aromatic rings. The molecule has 1 aliphatic carbocycles. The lowest BCUT2D eigenvalue weighted by atomic mass is 10.2. The minimum atomic E-state index is -0.345. The molecule has 0 radical (unpaired) electrons. The highest BCUT2D eigenvalue weighted by molar-refractivity contribution is 5.84. The van der Waals surface area contributed by atoms with Gasteiger partial charge >= 0.3 is 0 Å². The summed E-state index contributed by atoms with van der Waals surface area (Å²) in [6, 6.07) is 6.27. The Kier molecular flexibility index (Phi) is 2.76. The van der Waals surface area contributed by atoms with Gasteiger partial charge in [-0.15, -0.1) is 0 Å². The number of hydrogen-bond acceptors (Lipinski definition) is 2. The van der Waals surface area contributed by atoms with E-state index in [0.717, 1.165) is 12.8 Å². The average molecular weight is 206 g/mol. The second-order valence-electron chi connectivity index (χ2n) is 3.53. The van der Waals surface area contributed by atoms with Gasteiger partial charge in [-0.05, 0) is 18.9 Å². The van der Waals surface area contributed by atoms with E-state index < -0.39 is 0 Å². The predicted molar refractivity (Wildman–Crippen MR) is 54.9 cm³/mol. The maximum atomic E-state index is 13.1. The van der Waals surface area contributed by atoms with E-state index in [1.807, 2.05) is 0 Å². The lowest BCUT2D eigenvalue weighted by Crippen LogP contribution is -2.19. The smallest absolute Gasteiger partial charge is 0.243 e. The van der Waals surface area contributed by atoms with E-state index in [9.17, 15) is 9.18 Å². The molecule has 15 heavy (non-hydrogen) atoms. The van der Waals surface area contributed by atoms with Crippen LogP contribution in [0.5, 0.6) is 0 Å². The van der Waals surface area contributed by atoms with Crippen LogP contribution in [0.3, 0.4) is 0 Å². The van der Waals surface area contributed by atoms with Crippen LogP contribution < -0.4 is 5.43 Å². The molecule has 4 heteroatoms. The number of hydrazone groups is 1. The van der Waals surface area contributed by atoms with Crippen molar-refractivity contribution in [3.63, 3.8) is 0 Å². The first kappa shape index (κ1) is 9.83. The molecular weight excluding hydrogens is 195 g/mol. The number of rotatable bonds is 3. The molecule has 3 nitrogen and oxygen atoms in total. The van der Waals surface area contributed by atoms with E-state index >= 15 is 0 Å². The topological polar surface area (TPSA) is 41.5 Å². The van der Waals surface area contributed by atoms with Gasteiger partial charge in [-0.1, -0.05) is 18.2 Å². The lowest BCUT2D eigenvalue weighted by molar-refractivity contribution is -0.122. The fraction of sp³-hybridized carbons (Fsp3) is 0.273. The Hall–Kier alpha value is -1.71. The van der Waals surface area contributed by atoms with Gasteiger partial charge in [-0.25, -0.2) is 9.82 Å². The summed E-state index contributed by atoms with van der Waals surface area (Å²) < 4.78 is 13.1. The molecule has 2 rings (SSSR count). The summed E-state index contributed by atoms with van der Waals surface area (Å²) in [5.41, 5.74) is 2.75. The van der Waals surface area contributed by atoms with Crippen molar-refractivity contribution in [2.24, 2.45) is 11.0 Å². The van der Waals surface area contributed by atoms with Gasteiger partial charge in [0.15, 0.2) is 0 Å². The summed E-state index contributed by atoms with van der Waals surface area (Å²) in [4.78, 5) is 11.2. The molecule has 0 heterocycles. The molecule has 1 N–H and O–H groups in total. The molecule has 0 spiro atoms. The monoisotopic (exact) mass is 206 g/mol. The van der Waals surface area contributed by atoms with Crippen molar-refractivity contribution in [1.82, 2.24) is 5.43 Å². The number of nitrogens with one attached hydrogen (secondary N) is 1. The minimum Gasteiger partial charge on any atom is -0.273 e. The highest BCUT2D eigenvalue weighted by atomic mass is 19.1. The zero-order chi connectivity index (χ0) is 10.7. The average Bonchev–Trinajstić information content (AvgIpc) is 3.04. The minimum absolute atomic E-state index is 0.0809. The zero-order valence-corrected chi connectivity index (χ0v) is 8.11. The van der Waals surface area contributed by atoms with E-state index in [4.69, 9.17) is 0 Å². The lowest BCUT2D eigenvalue weighted by Gasteiger charge is -1.96. The predicted octanol–water partition coefficient (Wildman–Crippen LogP) is 1.69. The van der Waals surface area contributed by atoms with E-state index in [-0.39, 0.29) is 17.6 Å². The van der Waals surface area contributed by atoms with Gasteiger partial charge in [-0.3, -0.25) is 4.79 Å². The first-order valence-corrected chi connectivity index (χ1v) is 4.85. The summed E-state index contributed by atoms with van der Waals surface area (Å²) in [6.45, 7) is 0. The summed E-state index contributed by atoms with van der Waals surface area (Å²) in [6.07, 6.45) is 3.18. The van der Waals surface area contributed by atoms with Crippen LogP contribution in [0.1, 0.15) is 18.4 Å². The molecular formula is C11H11FN2O. The maximum absolute atomic E-state index is 13.1. The molecule has 78 valence electrons. The first-order chi connectivity index (χ1) is 7.27. The standard InChI is InChI=1S/C11H11FN2O/c12-10-4-2-1-3-9(10)7-13-14-11(15)8-5-6-8/h1-4,7-8H,5-6H2,(H,14,15)/b13-7-. The quantitative estimate of drug-likeness (QED) is 0.593. The van der Waals surface area contributed by atoms with Crippen LogP contribution in [0.4, 0.5) is 4.39 Å². The molecule has 0 saturated heterocycles. The molecule has 0 unspecified atom stereocenters. The van der Waals surface area contributed by atoms with Crippen molar-refractivity contribution < 1.29 is 9.18 Å². The Labute approximate surface area is 87.0 Å². The third-order valence-electron chi connectivity index (χ3n) is 2.23. The molecule has 0 aromatic heterocycles. The number of carbonyl (C=O) groups is 1. The third kappa shape index (κ3) is 2.62. The summed E-state index contributed by atoms with van der Waals surface area (Å²) in [5, 5.41) is 3.70. The Morgan fingerprint density at radius 2 is 2.20 bits per heavy atom. The maximum Gasteiger partial charge on any atom is 0.243 e. The van der Waals surface area contributed by atoms with Crippen molar-refractivity contribution >= 4 is 12.1 Å². The first-order valence-electron chi connectivity index (χ1n) is 4.85. The van der Waals surface area contributed by atoms with Crippen molar-refractivity contribution in [3.8, 4) is 0 Å². The van der Waals surface area contributed by atoms with Crippen LogP contribution in [-0.4, -0.2) is 12.1 Å². The van der Waals surface area contributed by atoms with E-state index in [0.29, 0.717) is 5.56 Å². The summed E-state index contributed by atoms with van der Waals surface area (Å²) in [5.74, 6) is -0.313. The molecule has 0 aliphatic heterocycles. The Morgan fingerprint density at radius 3 is 2.87 bits per heavy atom. The van der Waals surface area contributed by atoms with E-state index in [2.05, 4.69) is 10.5 Å². The van der Waals surface area contributed by atoms with Crippen molar-refractivity contribution in [2.75, 3.05) is 0 Å². The molecule has 1 fully saturated rings. The van der Waals surface area contributed by atoms with Gasteiger partial charge in [0.1, 0.15) is 5.82 Å². The fourth-order valence-electron chi connectivity index (χ4n) is 1.18. The van der Waals surface area contributed by atoms with Gasteiger partial charge in [0.25, 0.3) is 0 Å². The van der Waals surface area contributed by atoms with Gasteiger partial charge in [-0.2, -0.15) is 5.10 Å². The highest BCUT2D eigenvalue weighted by Gasteiger charge is 2.29. The SMILES string of the molecule is O=C(N/N=C\c1ccccc1F)C1CC1. The van der Waals surface area contributed by atoms with Crippen LogP contribution in [0.2, 0.25) is 0 Å². The second-order valence-corrected chi connectivity index (χ2v) is 3.53. The molecule has 1 saturated carbocycles. The normalized spacial score (nSPS) is 15.5. The van der Waals surface area contributed by atoms with E-state index in [1.54, 1.807) is 18.2 Å². The van der Waals surface area contributed by atoms with Crippen molar-refractivity contribution in [3.05, 3.63) is 35.6 Å². The van der Waals surface area contributed by atoms with E-state index in [1.165, 1.54) is 12.3 Å². The Bertz CT molecular complexity index is 399. The number of nitrogens with zero attached hydrogens (tertiary/aromatic N) is 1. The zero-order valence-electron chi connectivity index (χ0n) is 8.11. The summed E-state index contributed by atoms with van der Waals surface area (Å²) >= 11 is 0. The van der Waals surface area contributed by atoms with Crippen LogP contribution in [0.25, 0.3) is 0 Å². The fourth-order valence-corrected chi connectivity index (χ4v) is 1.18. The Morgan fingerprint density at radius 1 is 1.47 bits per heavy atom. The van der Waals surface area contributed by atoms with Crippen LogP contribution >= 0.6 is 0 Å². The van der Waals surface area contributed by atoms with Gasteiger partial charge in [0.2, 0.25) is 5.91 Å². The second kappa shape index (κ2) is 4.21. The number of benzene rings is 1. The highest BCUT2D eigenvalue weighted by Crippen LogP contribution is 2.28. The molecule has 1 aromatic carbocycles. The Balaban J connectivity index is 1.93.